The maximum Gasteiger partial charge on any atom is 0.224 e. The molecule has 0 aliphatic carbocycles. The maximum absolute atomic E-state index is 12.1. The van der Waals surface area contributed by atoms with Gasteiger partial charge in [-0.15, -0.1) is 0 Å². The van der Waals surface area contributed by atoms with E-state index in [2.05, 4.69) is 10.6 Å². The van der Waals surface area contributed by atoms with E-state index in [1.807, 2.05) is 48.5 Å². The zero-order valence-electron chi connectivity index (χ0n) is 12.5. The Morgan fingerprint density at radius 1 is 1.18 bits per heavy atom. The molecule has 1 heterocycles. The lowest BCUT2D eigenvalue weighted by molar-refractivity contribution is -0.116. The second-order valence-electron chi connectivity index (χ2n) is 5.38. The quantitative estimate of drug-likeness (QED) is 0.912. The zero-order valence-corrected chi connectivity index (χ0v) is 12.5. The molecular weight excluding hydrogens is 276 g/mol. The Kier molecular flexibility index (Phi) is 4.71. The van der Waals surface area contributed by atoms with Gasteiger partial charge in [-0.05, 0) is 30.2 Å². The molecule has 4 heteroatoms. The molecule has 2 N–H and O–H groups in total. The molecule has 0 aromatic heterocycles. The highest BCUT2D eigenvalue weighted by molar-refractivity contribution is 5.91. The van der Waals surface area contributed by atoms with Crippen LogP contribution in [0.15, 0.2) is 48.5 Å². The molecule has 1 aliphatic rings. The predicted molar refractivity (Wildman–Crippen MR) is 87.0 cm³/mol. The highest BCUT2D eigenvalue weighted by Gasteiger charge is 2.10. The smallest absolute Gasteiger partial charge is 0.224 e. The minimum Gasteiger partial charge on any atom is -0.492 e. The molecule has 0 radical (unpaired) electrons. The number of benzene rings is 2. The average molecular weight is 296 g/mol. The lowest BCUT2D eigenvalue weighted by Gasteiger charge is -2.10. The third-order valence-electron chi connectivity index (χ3n) is 3.68. The van der Waals surface area contributed by atoms with Gasteiger partial charge in [-0.2, -0.15) is 0 Å². The van der Waals surface area contributed by atoms with E-state index < -0.39 is 0 Å². The molecule has 2 aromatic rings. The maximum atomic E-state index is 12.1. The monoisotopic (exact) mass is 296 g/mol. The third-order valence-corrected chi connectivity index (χ3v) is 3.68. The van der Waals surface area contributed by atoms with Gasteiger partial charge in [0.1, 0.15) is 12.4 Å². The van der Waals surface area contributed by atoms with Crippen molar-refractivity contribution < 1.29 is 9.53 Å². The zero-order chi connectivity index (χ0) is 15.2. The summed E-state index contributed by atoms with van der Waals surface area (Å²) in [6, 6.07) is 15.8. The number of ether oxygens (including phenoxy) is 1. The lowest BCUT2D eigenvalue weighted by atomic mass is 10.1. The molecule has 3 rings (SSSR count). The normalized spacial score (nSPS) is 13.6. The summed E-state index contributed by atoms with van der Waals surface area (Å²) in [6.07, 6.45) is 1.23. The summed E-state index contributed by atoms with van der Waals surface area (Å²) >= 11 is 0. The molecule has 0 unspecified atom stereocenters. The number of hydrogen-bond acceptors (Lipinski definition) is 3. The van der Waals surface area contributed by atoms with E-state index in [0.717, 1.165) is 36.5 Å². The van der Waals surface area contributed by atoms with Crippen LogP contribution in [0.4, 0.5) is 5.69 Å². The van der Waals surface area contributed by atoms with Crippen molar-refractivity contribution in [2.75, 3.05) is 18.5 Å². The fourth-order valence-electron chi connectivity index (χ4n) is 2.52. The van der Waals surface area contributed by atoms with Crippen LogP contribution in [0.3, 0.4) is 0 Å². The lowest BCUT2D eigenvalue weighted by Crippen LogP contribution is -2.16. The van der Waals surface area contributed by atoms with Gasteiger partial charge in [-0.3, -0.25) is 4.79 Å². The molecule has 1 amide bonds. The van der Waals surface area contributed by atoms with E-state index in [1.165, 1.54) is 5.56 Å². The standard InChI is InChI=1S/C18H20N2O2/c21-18(9-6-14-4-2-1-3-5-14)20-16-7-8-17-15(12-16)13-19-10-11-22-17/h1-5,7-8,12,19H,6,9-11,13H2,(H,20,21). The van der Waals surface area contributed by atoms with Gasteiger partial charge < -0.3 is 15.4 Å². The highest BCUT2D eigenvalue weighted by Crippen LogP contribution is 2.24. The summed E-state index contributed by atoms with van der Waals surface area (Å²) in [5, 5.41) is 6.25. The summed E-state index contributed by atoms with van der Waals surface area (Å²) in [7, 11) is 0. The van der Waals surface area contributed by atoms with E-state index in [0.29, 0.717) is 13.0 Å². The fraction of sp³-hybridized carbons (Fsp3) is 0.278. The highest BCUT2D eigenvalue weighted by atomic mass is 16.5. The predicted octanol–water partition coefficient (Wildman–Crippen LogP) is 2.74. The third kappa shape index (κ3) is 3.86. The number of rotatable bonds is 4. The van der Waals surface area contributed by atoms with Crippen molar-refractivity contribution in [1.29, 1.82) is 0 Å². The summed E-state index contributed by atoms with van der Waals surface area (Å²) in [5.74, 6) is 0.929. The van der Waals surface area contributed by atoms with Gasteiger partial charge in [0.05, 0.1) is 0 Å². The van der Waals surface area contributed by atoms with Crippen LogP contribution >= 0.6 is 0 Å². The van der Waals surface area contributed by atoms with E-state index >= 15 is 0 Å². The van der Waals surface area contributed by atoms with Gasteiger partial charge in [0.25, 0.3) is 0 Å². The number of carbonyl (C=O) groups is 1. The molecule has 4 nitrogen and oxygen atoms in total. The van der Waals surface area contributed by atoms with E-state index in [1.54, 1.807) is 0 Å². The van der Waals surface area contributed by atoms with Crippen molar-refractivity contribution in [2.24, 2.45) is 0 Å². The second-order valence-corrected chi connectivity index (χ2v) is 5.38. The van der Waals surface area contributed by atoms with Gasteiger partial charge in [0, 0.05) is 30.8 Å². The summed E-state index contributed by atoms with van der Waals surface area (Å²) < 4.78 is 5.64. The minimum atomic E-state index is 0.0336. The topological polar surface area (TPSA) is 50.4 Å². The van der Waals surface area contributed by atoms with Gasteiger partial charge in [-0.25, -0.2) is 0 Å². The Labute approximate surface area is 130 Å². The summed E-state index contributed by atoms with van der Waals surface area (Å²) in [5.41, 5.74) is 3.08. The first-order valence-electron chi connectivity index (χ1n) is 7.61. The number of anilines is 1. The number of fused-ring (bicyclic) bond motifs is 1. The van der Waals surface area contributed by atoms with Crippen LogP contribution in [0.5, 0.6) is 5.75 Å². The Bertz CT molecular complexity index is 641. The summed E-state index contributed by atoms with van der Waals surface area (Å²) in [6.45, 7) is 2.28. The molecule has 1 aliphatic heterocycles. The average Bonchev–Trinajstić information content (AvgIpc) is 2.79. The number of carbonyl (C=O) groups excluding carboxylic acids is 1. The van der Waals surface area contributed by atoms with Crippen LogP contribution in [0, 0.1) is 0 Å². The van der Waals surface area contributed by atoms with Gasteiger partial charge >= 0.3 is 0 Å². The molecule has 0 fully saturated rings. The van der Waals surface area contributed by atoms with Crippen LogP contribution in [-0.2, 0) is 17.8 Å². The van der Waals surface area contributed by atoms with Crippen molar-refractivity contribution in [1.82, 2.24) is 5.32 Å². The Morgan fingerprint density at radius 3 is 2.91 bits per heavy atom. The Hall–Kier alpha value is -2.33. The Morgan fingerprint density at radius 2 is 2.05 bits per heavy atom. The molecule has 114 valence electrons. The SMILES string of the molecule is O=C(CCc1ccccc1)Nc1ccc2c(c1)CNCCO2. The first-order valence-corrected chi connectivity index (χ1v) is 7.61. The number of amides is 1. The van der Waals surface area contributed by atoms with Crippen LogP contribution in [-0.4, -0.2) is 19.1 Å². The largest absolute Gasteiger partial charge is 0.492 e. The van der Waals surface area contributed by atoms with Crippen LogP contribution in [0.25, 0.3) is 0 Å². The van der Waals surface area contributed by atoms with Crippen molar-refractivity contribution in [3.63, 3.8) is 0 Å². The summed E-state index contributed by atoms with van der Waals surface area (Å²) in [4.78, 5) is 12.1. The van der Waals surface area contributed by atoms with Crippen molar-refractivity contribution in [2.45, 2.75) is 19.4 Å². The molecule has 0 spiro atoms. The number of hydrogen-bond donors (Lipinski definition) is 2. The molecule has 0 atom stereocenters. The van der Waals surface area contributed by atoms with Crippen LogP contribution in [0.1, 0.15) is 17.5 Å². The molecule has 0 saturated carbocycles. The molecular formula is C18H20N2O2. The first kappa shape index (κ1) is 14.6. The number of aryl methyl sites for hydroxylation is 1. The van der Waals surface area contributed by atoms with E-state index in [-0.39, 0.29) is 5.91 Å². The van der Waals surface area contributed by atoms with Crippen LogP contribution in [0.2, 0.25) is 0 Å². The number of nitrogens with one attached hydrogen (secondary N) is 2. The van der Waals surface area contributed by atoms with Gasteiger partial charge in [0.2, 0.25) is 5.91 Å². The molecule has 2 aromatic carbocycles. The fourth-order valence-corrected chi connectivity index (χ4v) is 2.52. The van der Waals surface area contributed by atoms with E-state index in [9.17, 15) is 4.79 Å². The van der Waals surface area contributed by atoms with Crippen molar-refractivity contribution >= 4 is 11.6 Å². The van der Waals surface area contributed by atoms with E-state index in [4.69, 9.17) is 4.74 Å². The minimum absolute atomic E-state index is 0.0336. The molecule has 0 saturated heterocycles. The van der Waals surface area contributed by atoms with Crippen LogP contribution < -0.4 is 15.4 Å². The second kappa shape index (κ2) is 7.09. The molecule has 0 bridgehead atoms. The molecule has 22 heavy (non-hydrogen) atoms. The Balaban J connectivity index is 1.58. The van der Waals surface area contributed by atoms with Gasteiger partial charge in [0.15, 0.2) is 0 Å². The van der Waals surface area contributed by atoms with Gasteiger partial charge in [-0.1, -0.05) is 30.3 Å². The first-order chi connectivity index (χ1) is 10.8. The van der Waals surface area contributed by atoms with Crippen molar-refractivity contribution in [3.8, 4) is 5.75 Å². The van der Waals surface area contributed by atoms with Crippen molar-refractivity contribution in [3.05, 3.63) is 59.7 Å².